The van der Waals surface area contributed by atoms with Crippen LogP contribution in [0.5, 0.6) is 0 Å². The Labute approximate surface area is 110 Å². The summed E-state index contributed by atoms with van der Waals surface area (Å²) >= 11 is 1.21. The highest BCUT2D eigenvalue weighted by molar-refractivity contribution is 7.91. The van der Waals surface area contributed by atoms with Crippen LogP contribution in [0.1, 0.15) is 12.8 Å². The summed E-state index contributed by atoms with van der Waals surface area (Å²) in [6.45, 7) is 0.750. The lowest BCUT2D eigenvalue weighted by molar-refractivity contribution is -0.146. The highest BCUT2D eigenvalue weighted by Gasteiger charge is 2.32. The Balaban J connectivity index is 2.04. The minimum Gasteiger partial charge on any atom is -0.469 e. The number of methoxy groups -OCH3 is 1. The second-order valence-electron chi connectivity index (χ2n) is 4.13. The van der Waals surface area contributed by atoms with E-state index in [0.29, 0.717) is 30.1 Å². The van der Waals surface area contributed by atoms with Gasteiger partial charge in [0, 0.05) is 13.1 Å². The van der Waals surface area contributed by atoms with Crippen LogP contribution in [0.25, 0.3) is 0 Å². The Morgan fingerprint density at radius 3 is 2.61 bits per heavy atom. The summed E-state index contributed by atoms with van der Waals surface area (Å²) in [4.78, 5) is 11.4. The van der Waals surface area contributed by atoms with E-state index in [-0.39, 0.29) is 11.9 Å². The molecule has 2 heterocycles. The first-order chi connectivity index (χ1) is 8.55. The van der Waals surface area contributed by atoms with Crippen molar-refractivity contribution >= 4 is 27.3 Å². The van der Waals surface area contributed by atoms with Crippen molar-refractivity contribution in [1.29, 1.82) is 0 Å². The number of piperidine rings is 1. The number of sulfonamides is 1. The maximum atomic E-state index is 12.2. The first-order valence-corrected chi connectivity index (χ1v) is 7.99. The molecule has 0 amide bonds. The van der Waals surface area contributed by atoms with E-state index in [2.05, 4.69) is 4.74 Å². The molecule has 1 aromatic heterocycles. The highest BCUT2D eigenvalue weighted by atomic mass is 32.2. The molecule has 1 fully saturated rings. The second-order valence-corrected chi connectivity index (χ2v) is 7.25. The third-order valence-corrected chi connectivity index (χ3v) is 6.35. The molecule has 0 unspecified atom stereocenters. The number of carbonyl (C=O) groups is 1. The quantitative estimate of drug-likeness (QED) is 0.787. The molecule has 0 N–H and O–H groups in total. The molecule has 0 spiro atoms. The van der Waals surface area contributed by atoms with Crippen molar-refractivity contribution in [3.05, 3.63) is 17.5 Å². The predicted octanol–water partition coefficient (Wildman–Crippen LogP) is 1.32. The highest BCUT2D eigenvalue weighted by Crippen LogP contribution is 2.26. The number of hydrogen-bond acceptors (Lipinski definition) is 5. The van der Waals surface area contributed by atoms with E-state index in [1.165, 1.54) is 22.8 Å². The van der Waals surface area contributed by atoms with Gasteiger partial charge in [0.05, 0.1) is 13.0 Å². The van der Waals surface area contributed by atoms with E-state index in [4.69, 9.17) is 0 Å². The molecule has 0 atom stereocenters. The molecule has 0 aromatic carbocycles. The van der Waals surface area contributed by atoms with Crippen LogP contribution >= 0.6 is 11.3 Å². The number of rotatable bonds is 3. The molecule has 2 rings (SSSR count). The van der Waals surface area contributed by atoms with Crippen LogP contribution in [0.4, 0.5) is 0 Å². The van der Waals surface area contributed by atoms with Crippen molar-refractivity contribution in [2.45, 2.75) is 17.1 Å². The minimum atomic E-state index is -3.37. The van der Waals surface area contributed by atoms with Crippen molar-refractivity contribution in [3.8, 4) is 0 Å². The summed E-state index contributed by atoms with van der Waals surface area (Å²) in [6, 6.07) is 3.32. The van der Waals surface area contributed by atoms with Crippen LogP contribution in [0.2, 0.25) is 0 Å². The van der Waals surface area contributed by atoms with Gasteiger partial charge in [0.2, 0.25) is 0 Å². The first kappa shape index (κ1) is 13.5. The van der Waals surface area contributed by atoms with Gasteiger partial charge in [-0.1, -0.05) is 6.07 Å². The van der Waals surface area contributed by atoms with Gasteiger partial charge in [0.15, 0.2) is 0 Å². The maximum absolute atomic E-state index is 12.2. The van der Waals surface area contributed by atoms with Crippen LogP contribution in [0.3, 0.4) is 0 Å². The van der Waals surface area contributed by atoms with Gasteiger partial charge in [-0.2, -0.15) is 4.31 Å². The lowest BCUT2D eigenvalue weighted by Crippen LogP contribution is -2.40. The number of thiophene rings is 1. The topological polar surface area (TPSA) is 63.7 Å². The molecule has 0 bridgehead atoms. The van der Waals surface area contributed by atoms with Crippen molar-refractivity contribution in [1.82, 2.24) is 4.31 Å². The molecular formula is C11H15NO4S2. The van der Waals surface area contributed by atoms with Gasteiger partial charge in [-0.05, 0) is 24.3 Å². The molecule has 5 nitrogen and oxygen atoms in total. The van der Waals surface area contributed by atoms with Crippen molar-refractivity contribution in [2.75, 3.05) is 20.2 Å². The van der Waals surface area contributed by atoms with E-state index in [9.17, 15) is 13.2 Å². The third kappa shape index (κ3) is 2.57. The summed E-state index contributed by atoms with van der Waals surface area (Å²) < 4.78 is 30.9. The Morgan fingerprint density at radius 2 is 2.11 bits per heavy atom. The molecule has 1 aliphatic rings. The van der Waals surface area contributed by atoms with E-state index in [1.54, 1.807) is 17.5 Å². The zero-order valence-electron chi connectivity index (χ0n) is 10.0. The van der Waals surface area contributed by atoms with Crippen LogP contribution in [-0.2, 0) is 19.6 Å². The van der Waals surface area contributed by atoms with Crippen molar-refractivity contribution < 1.29 is 17.9 Å². The van der Waals surface area contributed by atoms with Crippen molar-refractivity contribution in [2.24, 2.45) is 5.92 Å². The second kappa shape index (κ2) is 5.38. The van der Waals surface area contributed by atoms with Crippen LogP contribution in [0, 0.1) is 5.92 Å². The molecule has 0 aliphatic carbocycles. The number of carbonyl (C=O) groups excluding carboxylic acids is 1. The molecule has 0 radical (unpaired) electrons. The zero-order valence-corrected chi connectivity index (χ0v) is 11.7. The van der Waals surface area contributed by atoms with Gasteiger partial charge in [-0.15, -0.1) is 11.3 Å². The molecule has 7 heteroatoms. The largest absolute Gasteiger partial charge is 0.469 e. The van der Waals surface area contributed by atoms with E-state index >= 15 is 0 Å². The fourth-order valence-electron chi connectivity index (χ4n) is 2.04. The van der Waals surface area contributed by atoms with E-state index < -0.39 is 10.0 Å². The average molecular weight is 289 g/mol. The normalized spacial score (nSPS) is 18.7. The molecule has 1 aliphatic heterocycles. The number of hydrogen-bond donors (Lipinski definition) is 0. The summed E-state index contributed by atoms with van der Waals surface area (Å²) in [5.41, 5.74) is 0. The van der Waals surface area contributed by atoms with Gasteiger partial charge < -0.3 is 4.74 Å². The predicted molar refractivity (Wildman–Crippen MR) is 67.8 cm³/mol. The van der Waals surface area contributed by atoms with E-state index in [0.717, 1.165) is 0 Å². The molecular weight excluding hydrogens is 274 g/mol. The van der Waals surface area contributed by atoms with Crippen LogP contribution < -0.4 is 0 Å². The lowest BCUT2D eigenvalue weighted by Gasteiger charge is -2.29. The lowest BCUT2D eigenvalue weighted by atomic mass is 9.99. The van der Waals surface area contributed by atoms with Gasteiger partial charge in [0.25, 0.3) is 10.0 Å². The monoisotopic (exact) mass is 289 g/mol. The molecule has 0 saturated carbocycles. The summed E-state index contributed by atoms with van der Waals surface area (Å²) in [6.07, 6.45) is 1.05. The average Bonchev–Trinajstić information content (AvgIpc) is 2.92. The summed E-state index contributed by atoms with van der Waals surface area (Å²) in [7, 11) is -2.02. The Morgan fingerprint density at radius 1 is 1.44 bits per heavy atom. The molecule has 100 valence electrons. The van der Waals surface area contributed by atoms with Gasteiger partial charge >= 0.3 is 5.97 Å². The van der Waals surface area contributed by atoms with Crippen molar-refractivity contribution in [3.63, 3.8) is 0 Å². The number of esters is 1. The molecule has 1 aromatic rings. The Kier molecular flexibility index (Phi) is 4.04. The smallest absolute Gasteiger partial charge is 0.308 e. The maximum Gasteiger partial charge on any atom is 0.308 e. The third-order valence-electron chi connectivity index (χ3n) is 3.08. The number of nitrogens with zero attached hydrogens (tertiary/aromatic N) is 1. The zero-order chi connectivity index (χ0) is 13.2. The summed E-state index contributed by atoms with van der Waals surface area (Å²) in [5.74, 6) is -0.423. The van der Waals surface area contributed by atoms with Gasteiger partial charge in [-0.3, -0.25) is 4.79 Å². The Bertz CT molecular complexity index is 501. The minimum absolute atomic E-state index is 0.176. The SMILES string of the molecule is COC(=O)C1CCN(S(=O)(=O)c2cccs2)CC1. The fraction of sp³-hybridized carbons (Fsp3) is 0.545. The standard InChI is InChI=1S/C11H15NO4S2/c1-16-11(13)9-4-6-12(7-5-9)18(14,15)10-3-2-8-17-10/h2-3,8-9H,4-7H2,1H3. The van der Waals surface area contributed by atoms with Gasteiger partial charge in [0.1, 0.15) is 4.21 Å². The van der Waals surface area contributed by atoms with Gasteiger partial charge in [-0.25, -0.2) is 8.42 Å². The Hall–Kier alpha value is -0.920. The molecule has 18 heavy (non-hydrogen) atoms. The summed E-state index contributed by atoms with van der Waals surface area (Å²) in [5, 5.41) is 1.74. The first-order valence-electron chi connectivity index (χ1n) is 5.67. The molecule has 1 saturated heterocycles. The van der Waals surface area contributed by atoms with Crippen LogP contribution in [0.15, 0.2) is 21.7 Å². The van der Waals surface area contributed by atoms with Crippen LogP contribution in [-0.4, -0.2) is 38.9 Å². The fourth-order valence-corrected chi connectivity index (χ4v) is 4.65. The number of ether oxygens (including phenoxy) is 1. The van der Waals surface area contributed by atoms with E-state index in [1.807, 2.05) is 0 Å².